The molecule has 0 aliphatic rings. The van der Waals surface area contributed by atoms with Crippen molar-refractivity contribution in [2.24, 2.45) is 5.92 Å². The Labute approximate surface area is 141 Å². The lowest BCUT2D eigenvalue weighted by molar-refractivity contribution is -0.144. The minimum Gasteiger partial charge on any atom is -0.477 e. The summed E-state index contributed by atoms with van der Waals surface area (Å²) in [4.78, 5) is 23.4. The van der Waals surface area contributed by atoms with Gasteiger partial charge >= 0.3 is 12.1 Å². The highest BCUT2D eigenvalue weighted by Gasteiger charge is 2.35. The van der Waals surface area contributed by atoms with Crippen LogP contribution >= 0.6 is 0 Å². The number of aromatic nitrogens is 3. The van der Waals surface area contributed by atoms with Gasteiger partial charge in [-0.25, -0.2) is 4.79 Å². The average molecular weight is 357 g/mol. The van der Waals surface area contributed by atoms with Crippen molar-refractivity contribution in [3.63, 3.8) is 0 Å². The van der Waals surface area contributed by atoms with Gasteiger partial charge in [0.25, 0.3) is 5.56 Å². The third-order valence-electron chi connectivity index (χ3n) is 3.77. The Hall–Kier alpha value is -2.58. The predicted molar refractivity (Wildman–Crippen MR) is 83.5 cm³/mol. The molecule has 0 fully saturated rings. The summed E-state index contributed by atoms with van der Waals surface area (Å²) in [7, 11) is 0. The number of hydrogen-bond donors (Lipinski definition) is 1. The summed E-state index contributed by atoms with van der Waals surface area (Å²) in [5, 5.41) is 13.0. The van der Waals surface area contributed by atoms with Gasteiger partial charge in [-0.3, -0.25) is 9.48 Å². The van der Waals surface area contributed by atoms with Crippen molar-refractivity contribution in [1.29, 1.82) is 0 Å². The van der Waals surface area contributed by atoms with E-state index in [-0.39, 0.29) is 30.3 Å². The van der Waals surface area contributed by atoms with Gasteiger partial charge in [-0.2, -0.15) is 18.3 Å². The molecule has 1 atom stereocenters. The van der Waals surface area contributed by atoms with E-state index in [1.165, 1.54) is 30.7 Å². The molecule has 2 rings (SSSR count). The maximum atomic E-state index is 13.0. The van der Waals surface area contributed by atoms with E-state index in [0.29, 0.717) is 5.56 Å². The van der Waals surface area contributed by atoms with Gasteiger partial charge < -0.3 is 9.67 Å². The Morgan fingerprint density at radius 2 is 1.96 bits per heavy atom. The summed E-state index contributed by atoms with van der Waals surface area (Å²) in [6, 6.07) is 2.46. The second kappa shape index (κ2) is 6.73. The van der Waals surface area contributed by atoms with Gasteiger partial charge in [0.05, 0.1) is 5.69 Å². The number of aryl methyl sites for hydroxylation is 2. The lowest BCUT2D eigenvalue weighted by Gasteiger charge is -2.17. The van der Waals surface area contributed by atoms with E-state index in [1.54, 1.807) is 6.92 Å². The van der Waals surface area contributed by atoms with Gasteiger partial charge in [-0.1, -0.05) is 6.92 Å². The minimum absolute atomic E-state index is 0.0502. The molecule has 0 aliphatic heterocycles. The number of halogens is 3. The first kappa shape index (κ1) is 18.8. The van der Waals surface area contributed by atoms with E-state index in [9.17, 15) is 22.8 Å². The largest absolute Gasteiger partial charge is 0.477 e. The zero-order valence-corrected chi connectivity index (χ0v) is 14.0. The first-order valence-corrected chi connectivity index (χ1v) is 7.55. The van der Waals surface area contributed by atoms with Crippen molar-refractivity contribution in [1.82, 2.24) is 14.3 Å². The van der Waals surface area contributed by atoms with Crippen molar-refractivity contribution in [3.8, 4) is 0 Å². The molecule has 0 radical (unpaired) electrons. The SMILES string of the molecule is Cc1cc(C(F)(F)F)n(CC(C)Cn2ccc(C)c(C(=O)O)c2=O)n1. The molecule has 0 aromatic carbocycles. The Balaban J connectivity index is 2.25. The highest BCUT2D eigenvalue weighted by molar-refractivity contribution is 5.88. The molecule has 0 amide bonds. The second-order valence-corrected chi connectivity index (χ2v) is 6.09. The fourth-order valence-corrected chi connectivity index (χ4v) is 2.67. The van der Waals surface area contributed by atoms with Crippen molar-refractivity contribution in [3.05, 3.63) is 51.2 Å². The van der Waals surface area contributed by atoms with Crippen LogP contribution in [-0.2, 0) is 19.3 Å². The molecule has 2 aromatic rings. The zero-order chi connectivity index (χ0) is 18.9. The lowest BCUT2D eigenvalue weighted by atomic mass is 10.1. The topological polar surface area (TPSA) is 77.1 Å². The van der Waals surface area contributed by atoms with E-state index in [4.69, 9.17) is 5.11 Å². The monoisotopic (exact) mass is 357 g/mol. The quantitative estimate of drug-likeness (QED) is 0.893. The van der Waals surface area contributed by atoms with Gasteiger partial charge in [0.2, 0.25) is 0 Å². The van der Waals surface area contributed by atoms with Crippen LogP contribution in [0.3, 0.4) is 0 Å². The van der Waals surface area contributed by atoms with Gasteiger partial charge in [0.15, 0.2) is 0 Å². The molecule has 0 spiro atoms. The maximum Gasteiger partial charge on any atom is 0.433 e. The van der Waals surface area contributed by atoms with Crippen LogP contribution in [0, 0.1) is 19.8 Å². The number of pyridine rings is 1. The van der Waals surface area contributed by atoms with E-state index in [0.717, 1.165) is 10.7 Å². The summed E-state index contributed by atoms with van der Waals surface area (Å²) in [5.41, 5.74) is -1.27. The van der Waals surface area contributed by atoms with Crippen molar-refractivity contribution in [2.45, 2.75) is 40.0 Å². The minimum atomic E-state index is -4.52. The first-order valence-electron chi connectivity index (χ1n) is 7.55. The Kier molecular flexibility index (Phi) is 5.05. The summed E-state index contributed by atoms with van der Waals surface area (Å²) >= 11 is 0. The standard InChI is InChI=1S/C16H18F3N3O3/c1-9(8-22-12(16(17,18)19)6-11(3)20-22)7-21-5-4-10(2)13(14(21)23)15(24)25/h4-6,9H,7-8H2,1-3H3,(H,24,25). The molecule has 1 unspecified atom stereocenters. The predicted octanol–water partition coefficient (Wildman–Crippen LogP) is 2.71. The molecule has 0 aliphatic carbocycles. The number of nitrogens with zero attached hydrogens (tertiary/aromatic N) is 3. The summed E-state index contributed by atoms with van der Waals surface area (Å²) < 4.78 is 41.1. The fourth-order valence-electron chi connectivity index (χ4n) is 2.67. The molecule has 0 bridgehead atoms. The normalized spacial score (nSPS) is 13.0. The molecule has 25 heavy (non-hydrogen) atoms. The fraction of sp³-hybridized carbons (Fsp3) is 0.438. The van der Waals surface area contributed by atoms with E-state index in [2.05, 4.69) is 5.10 Å². The average Bonchev–Trinajstić information content (AvgIpc) is 2.82. The second-order valence-electron chi connectivity index (χ2n) is 6.09. The van der Waals surface area contributed by atoms with Crippen molar-refractivity contribution in [2.75, 3.05) is 0 Å². The maximum absolute atomic E-state index is 13.0. The number of hydrogen-bond acceptors (Lipinski definition) is 3. The van der Waals surface area contributed by atoms with Crippen LogP contribution in [0.5, 0.6) is 0 Å². The van der Waals surface area contributed by atoms with E-state index < -0.39 is 23.4 Å². The van der Waals surface area contributed by atoms with E-state index >= 15 is 0 Å². The van der Waals surface area contributed by atoms with Crippen LogP contribution < -0.4 is 5.56 Å². The van der Waals surface area contributed by atoms with Crippen LogP contribution in [0.25, 0.3) is 0 Å². The van der Waals surface area contributed by atoms with Gasteiger partial charge in [0, 0.05) is 19.3 Å². The highest BCUT2D eigenvalue weighted by atomic mass is 19.4. The molecule has 1 N–H and O–H groups in total. The highest BCUT2D eigenvalue weighted by Crippen LogP contribution is 2.30. The van der Waals surface area contributed by atoms with Crippen LogP contribution in [-0.4, -0.2) is 25.4 Å². The van der Waals surface area contributed by atoms with Crippen LogP contribution in [0.4, 0.5) is 13.2 Å². The number of rotatable bonds is 5. The zero-order valence-electron chi connectivity index (χ0n) is 14.0. The lowest BCUT2D eigenvalue weighted by Crippen LogP contribution is -2.30. The smallest absolute Gasteiger partial charge is 0.433 e. The van der Waals surface area contributed by atoms with Crippen LogP contribution in [0.2, 0.25) is 0 Å². The van der Waals surface area contributed by atoms with Gasteiger partial charge in [0.1, 0.15) is 11.3 Å². The third-order valence-corrected chi connectivity index (χ3v) is 3.77. The number of carbonyl (C=O) groups is 1. The summed E-state index contributed by atoms with van der Waals surface area (Å²) in [6.45, 7) is 4.69. The molecule has 0 saturated carbocycles. The molecule has 136 valence electrons. The molecule has 0 saturated heterocycles. The van der Waals surface area contributed by atoms with Crippen LogP contribution in [0.15, 0.2) is 23.1 Å². The third kappa shape index (κ3) is 4.09. The molecular formula is C16H18F3N3O3. The number of carboxylic acids is 1. The number of carboxylic acid groups (broad SMARTS) is 1. The van der Waals surface area contributed by atoms with Crippen molar-refractivity contribution >= 4 is 5.97 Å². The van der Waals surface area contributed by atoms with Gasteiger partial charge in [-0.05, 0) is 37.5 Å². The summed E-state index contributed by atoms with van der Waals surface area (Å²) in [5.74, 6) is -1.70. The van der Waals surface area contributed by atoms with E-state index in [1.807, 2.05) is 0 Å². The van der Waals surface area contributed by atoms with Crippen molar-refractivity contribution < 1.29 is 23.1 Å². The Morgan fingerprint density at radius 1 is 1.32 bits per heavy atom. The van der Waals surface area contributed by atoms with Gasteiger partial charge in [-0.15, -0.1) is 0 Å². The Morgan fingerprint density at radius 3 is 2.52 bits per heavy atom. The van der Waals surface area contributed by atoms with Crippen LogP contribution in [0.1, 0.15) is 34.2 Å². The number of alkyl halides is 3. The molecule has 9 heteroatoms. The molecular weight excluding hydrogens is 339 g/mol. The number of aromatic carboxylic acids is 1. The molecule has 6 nitrogen and oxygen atoms in total. The Bertz CT molecular complexity index is 853. The first-order chi connectivity index (χ1) is 11.5. The summed E-state index contributed by atoms with van der Waals surface area (Å²) in [6.07, 6.45) is -3.07. The molecule has 2 aromatic heterocycles. The molecule has 2 heterocycles.